The second kappa shape index (κ2) is 6.22. The van der Waals surface area contributed by atoms with Gasteiger partial charge in [0.2, 0.25) is 0 Å². The molecule has 0 saturated carbocycles. The Balaban J connectivity index is 2.12. The summed E-state index contributed by atoms with van der Waals surface area (Å²) < 4.78 is 0. The quantitative estimate of drug-likeness (QED) is 0.691. The van der Waals surface area contributed by atoms with Crippen LogP contribution in [0.25, 0.3) is 22.6 Å². The molecule has 0 aliphatic heterocycles. The molecule has 2 heterocycles. The maximum absolute atomic E-state index is 11.8. The van der Waals surface area contributed by atoms with Gasteiger partial charge in [0.05, 0.1) is 11.9 Å². The molecule has 0 saturated heterocycles. The first-order valence-corrected chi connectivity index (χ1v) is 6.94. The number of hydrogen-bond donors (Lipinski definition) is 0. The molecule has 2 aromatic heterocycles. The van der Waals surface area contributed by atoms with Gasteiger partial charge in [-0.15, -0.1) is 0 Å². The van der Waals surface area contributed by atoms with Gasteiger partial charge < -0.3 is 0 Å². The fourth-order valence-electron chi connectivity index (χ4n) is 2.07. The molecule has 22 heavy (non-hydrogen) atoms. The summed E-state index contributed by atoms with van der Waals surface area (Å²) in [6.45, 7) is 1.79. The predicted molar refractivity (Wildman–Crippen MR) is 82.0 cm³/mol. The second-order valence-corrected chi connectivity index (χ2v) is 4.61. The highest BCUT2D eigenvalue weighted by Gasteiger charge is 2.14. The van der Waals surface area contributed by atoms with Crippen molar-refractivity contribution in [2.45, 2.75) is 13.3 Å². The molecule has 0 spiro atoms. The van der Waals surface area contributed by atoms with Crippen molar-refractivity contribution in [1.29, 1.82) is 0 Å². The van der Waals surface area contributed by atoms with Crippen LogP contribution in [0.15, 0.2) is 48.9 Å². The van der Waals surface area contributed by atoms with Gasteiger partial charge in [-0.2, -0.15) is 0 Å². The van der Waals surface area contributed by atoms with Gasteiger partial charge in [0.25, 0.3) is 0 Å². The molecular weight excluding hydrogens is 276 g/mol. The lowest BCUT2D eigenvalue weighted by atomic mass is 10.1. The minimum atomic E-state index is -0.0621. The molecule has 1 radical (unpaired) electrons. The zero-order chi connectivity index (χ0) is 15.4. The van der Waals surface area contributed by atoms with Crippen molar-refractivity contribution in [2.75, 3.05) is 0 Å². The number of hydrogen-bond acceptors (Lipinski definition) is 5. The van der Waals surface area contributed by atoms with Gasteiger partial charge in [0.1, 0.15) is 23.3 Å². The number of rotatable bonds is 4. The van der Waals surface area contributed by atoms with E-state index < -0.39 is 0 Å². The number of aromatic nitrogens is 4. The van der Waals surface area contributed by atoms with Crippen molar-refractivity contribution < 1.29 is 4.79 Å². The summed E-state index contributed by atoms with van der Waals surface area (Å²) in [6.07, 6.45) is 7.82. The molecule has 0 fully saturated rings. The average Bonchev–Trinajstić information content (AvgIpc) is 2.62. The van der Waals surface area contributed by atoms with Crippen molar-refractivity contribution in [2.24, 2.45) is 0 Å². The van der Waals surface area contributed by atoms with Gasteiger partial charge in [0, 0.05) is 24.4 Å². The van der Waals surface area contributed by atoms with Crippen molar-refractivity contribution in [3.8, 4) is 22.6 Å². The van der Waals surface area contributed by atoms with Crippen molar-refractivity contribution in [1.82, 2.24) is 19.9 Å². The Morgan fingerprint density at radius 2 is 1.82 bits per heavy atom. The molecule has 0 atom stereocenters. The number of carbonyl (C=O) groups excluding carboxylic acids is 1. The van der Waals surface area contributed by atoms with E-state index in [1.165, 1.54) is 6.20 Å². The smallest absolute Gasteiger partial charge is 0.182 e. The molecule has 0 N–H and O–H groups in total. The normalized spacial score (nSPS) is 10.4. The SMILES string of the molecule is CCC(=O)c1cn[c]c(-c2nccnc2-c2ccccc2)n1. The highest BCUT2D eigenvalue weighted by molar-refractivity contribution is 5.94. The van der Waals surface area contributed by atoms with E-state index in [1.807, 2.05) is 30.3 Å². The van der Waals surface area contributed by atoms with Gasteiger partial charge >= 0.3 is 0 Å². The lowest BCUT2D eigenvalue weighted by Crippen LogP contribution is -2.04. The van der Waals surface area contributed by atoms with Crippen LogP contribution in [-0.4, -0.2) is 25.7 Å². The molecule has 5 nitrogen and oxygen atoms in total. The summed E-state index contributed by atoms with van der Waals surface area (Å²) in [5.41, 5.74) is 2.92. The van der Waals surface area contributed by atoms with Crippen LogP contribution in [0.4, 0.5) is 0 Å². The Bertz CT molecular complexity index is 803. The number of Topliss-reactive ketones (excluding diaryl/α,β-unsaturated/α-hetero) is 1. The molecule has 0 unspecified atom stereocenters. The molecule has 1 aromatic carbocycles. The molecule has 0 bridgehead atoms. The zero-order valence-electron chi connectivity index (χ0n) is 12.0. The van der Waals surface area contributed by atoms with Crippen LogP contribution in [0, 0.1) is 6.20 Å². The van der Waals surface area contributed by atoms with Crippen LogP contribution in [0.5, 0.6) is 0 Å². The van der Waals surface area contributed by atoms with Crippen LogP contribution in [-0.2, 0) is 0 Å². The molecule has 3 aromatic rings. The first-order chi connectivity index (χ1) is 10.8. The summed E-state index contributed by atoms with van der Waals surface area (Å²) in [5, 5.41) is 0. The van der Waals surface area contributed by atoms with Crippen LogP contribution >= 0.6 is 0 Å². The number of carbonyl (C=O) groups is 1. The largest absolute Gasteiger partial charge is 0.292 e. The minimum Gasteiger partial charge on any atom is -0.292 e. The molecule has 5 heteroatoms. The summed E-state index contributed by atoms with van der Waals surface area (Å²) in [5.74, 6) is -0.0621. The van der Waals surface area contributed by atoms with Gasteiger partial charge in [0.15, 0.2) is 5.78 Å². The summed E-state index contributed by atoms with van der Waals surface area (Å²) in [7, 11) is 0. The van der Waals surface area contributed by atoms with Crippen molar-refractivity contribution >= 4 is 5.78 Å². The molecule has 0 aliphatic rings. The first-order valence-electron chi connectivity index (χ1n) is 6.94. The van der Waals surface area contributed by atoms with Crippen LogP contribution in [0.1, 0.15) is 23.8 Å². The molecule has 0 amide bonds. The standard InChI is InChI=1S/C17H13N4O/c1-2-15(22)13-10-18-11-14(21-13)17-16(19-8-9-20-17)12-6-4-3-5-7-12/h3-10H,2H2,1H3. The third-order valence-corrected chi connectivity index (χ3v) is 3.17. The highest BCUT2D eigenvalue weighted by atomic mass is 16.1. The molecular formula is C17H13N4O. The topological polar surface area (TPSA) is 68.6 Å². The number of benzene rings is 1. The van der Waals surface area contributed by atoms with E-state index in [0.717, 1.165) is 5.56 Å². The minimum absolute atomic E-state index is 0.0621. The Labute approximate surface area is 128 Å². The van der Waals surface area contributed by atoms with Crippen LogP contribution < -0.4 is 0 Å². The maximum Gasteiger partial charge on any atom is 0.182 e. The maximum atomic E-state index is 11.8. The Morgan fingerprint density at radius 1 is 1.09 bits per heavy atom. The van der Waals surface area contributed by atoms with E-state index in [2.05, 4.69) is 26.1 Å². The third-order valence-electron chi connectivity index (χ3n) is 3.17. The lowest BCUT2D eigenvalue weighted by molar-refractivity contribution is 0.0983. The average molecular weight is 289 g/mol. The van der Waals surface area contributed by atoms with E-state index in [-0.39, 0.29) is 5.78 Å². The fraction of sp³-hybridized carbons (Fsp3) is 0.118. The van der Waals surface area contributed by atoms with Crippen molar-refractivity contribution in [3.63, 3.8) is 0 Å². The molecule has 3 rings (SSSR count). The summed E-state index contributed by atoms with van der Waals surface area (Å²) >= 11 is 0. The number of nitrogens with zero attached hydrogens (tertiary/aromatic N) is 4. The summed E-state index contributed by atoms with van der Waals surface area (Å²) in [4.78, 5) is 28.8. The Hall–Kier alpha value is -2.95. The first kappa shape index (κ1) is 14.0. The summed E-state index contributed by atoms with van der Waals surface area (Å²) in [6, 6.07) is 9.69. The lowest BCUT2D eigenvalue weighted by Gasteiger charge is -2.07. The third kappa shape index (κ3) is 2.74. The van der Waals surface area contributed by atoms with Gasteiger partial charge in [-0.1, -0.05) is 37.3 Å². The molecule has 0 aliphatic carbocycles. The zero-order valence-corrected chi connectivity index (χ0v) is 12.0. The van der Waals surface area contributed by atoms with E-state index in [9.17, 15) is 4.79 Å². The van der Waals surface area contributed by atoms with E-state index in [4.69, 9.17) is 0 Å². The van der Waals surface area contributed by atoms with E-state index >= 15 is 0 Å². The van der Waals surface area contributed by atoms with Crippen LogP contribution in [0.2, 0.25) is 0 Å². The fourth-order valence-corrected chi connectivity index (χ4v) is 2.07. The Kier molecular flexibility index (Phi) is 3.96. The molecule has 107 valence electrons. The van der Waals surface area contributed by atoms with E-state index in [0.29, 0.717) is 29.2 Å². The number of ketones is 1. The van der Waals surface area contributed by atoms with Crippen molar-refractivity contribution in [3.05, 3.63) is 60.8 Å². The van der Waals surface area contributed by atoms with Crippen LogP contribution in [0.3, 0.4) is 0 Å². The Morgan fingerprint density at radius 3 is 2.55 bits per heavy atom. The van der Waals surface area contributed by atoms with Gasteiger partial charge in [-0.05, 0) is 0 Å². The monoisotopic (exact) mass is 289 g/mol. The van der Waals surface area contributed by atoms with E-state index in [1.54, 1.807) is 19.3 Å². The van der Waals surface area contributed by atoms with Gasteiger partial charge in [-0.3, -0.25) is 14.8 Å². The second-order valence-electron chi connectivity index (χ2n) is 4.61. The van der Waals surface area contributed by atoms with Gasteiger partial charge in [-0.25, -0.2) is 9.97 Å². The predicted octanol–water partition coefficient (Wildman–Crippen LogP) is 2.99. The highest BCUT2D eigenvalue weighted by Crippen LogP contribution is 2.26.